The molecule has 1 aromatic carbocycles. The Morgan fingerprint density at radius 2 is 2.17 bits per heavy atom. The molecule has 0 radical (unpaired) electrons. The summed E-state index contributed by atoms with van der Waals surface area (Å²) in [6, 6.07) is 13.4. The summed E-state index contributed by atoms with van der Waals surface area (Å²) < 4.78 is 6.60. The number of halogens is 1. The number of hydrogen-bond donors (Lipinski definition) is 0. The minimum atomic E-state index is 0.387. The van der Waals surface area contributed by atoms with Crippen LogP contribution in [0.3, 0.4) is 0 Å². The number of benzene rings is 1. The number of rotatable bonds is 3. The van der Waals surface area contributed by atoms with Crippen molar-refractivity contribution in [3.05, 3.63) is 57.7 Å². The highest BCUT2D eigenvalue weighted by atomic mass is 79.9. The zero-order valence-electron chi connectivity index (χ0n) is 9.85. The van der Waals surface area contributed by atoms with Crippen LogP contribution in [0.1, 0.15) is 16.8 Å². The van der Waals surface area contributed by atoms with Crippen LogP contribution in [0, 0.1) is 18.3 Å². The molecule has 1 heterocycles. The quantitative estimate of drug-likeness (QED) is 0.870. The highest BCUT2D eigenvalue weighted by molar-refractivity contribution is 9.10. The van der Waals surface area contributed by atoms with Gasteiger partial charge < -0.3 is 4.74 Å². The molecule has 1 aromatic heterocycles. The fraction of sp³-hybridized carbons (Fsp3) is 0.143. The first kappa shape index (κ1) is 12.6. The van der Waals surface area contributed by atoms with Gasteiger partial charge in [-0.2, -0.15) is 5.26 Å². The van der Waals surface area contributed by atoms with E-state index in [1.165, 1.54) is 0 Å². The van der Waals surface area contributed by atoms with E-state index in [4.69, 9.17) is 10.00 Å². The van der Waals surface area contributed by atoms with E-state index in [-0.39, 0.29) is 0 Å². The number of ether oxygens (including phenoxy) is 1. The Morgan fingerprint density at radius 3 is 2.89 bits per heavy atom. The van der Waals surface area contributed by atoms with E-state index >= 15 is 0 Å². The van der Waals surface area contributed by atoms with E-state index in [2.05, 4.69) is 27.0 Å². The molecular weight excluding hydrogens is 292 g/mol. The maximum Gasteiger partial charge on any atom is 0.232 e. The van der Waals surface area contributed by atoms with Gasteiger partial charge >= 0.3 is 0 Å². The first-order chi connectivity index (χ1) is 8.69. The topological polar surface area (TPSA) is 45.9 Å². The van der Waals surface area contributed by atoms with E-state index in [1.54, 1.807) is 12.1 Å². The van der Waals surface area contributed by atoms with Crippen LogP contribution in [0.2, 0.25) is 0 Å². The van der Waals surface area contributed by atoms with Gasteiger partial charge in [-0.3, -0.25) is 0 Å². The van der Waals surface area contributed by atoms with Gasteiger partial charge in [0, 0.05) is 10.2 Å². The molecule has 0 spiro atoms. The van der Waals surface area contributed by atoms with Crippen molar-refractivity contribution in [1.29, 1.82) is 5.26 Å². The standard InChI is InChI=1S/C14H11BrN2O/c1-10-5-6-12(8-16)14(17-10)18-9-11-3-2-4-13(15)7-11/h2-7H,9H2,1H3. The molecular formula is C14H11BrN2O. The number of aromatic nitrogens is 1. The summed E-state index contributed by atoms with van der Waals surface area (Å²) in [5.74, 6) is 0.387. The van der Waals surface area contributed by atoms with E-state index in [0.29, 0.717) is 18.1 Å². The van der Waals surface area contributed by atoms with Crippen molar-refractivity contribution in [3.63, 3.8) is 0 Å². The van der Waals surface area contributed by atoms with Crippen LogP contribution in [-0.4, -0.2) is 4.98 Å². The summed E-state index contributed by atoms with van der Waals surface area (Å²) in [7, 11) is 0. The summed E-state index contributed by atoms with van der Waals surface area (Å²) in [4.78, 5) is 4.23. The van der Waals surface area contributed by atoms with Crippen molar-refractivity contribution < 1.29 is 4.74 Å². The molecule has 90 valence electrons. The van der Waals surface area contributed by atoms with Gasteiger partial charge in [0.1, 0.15) is 18.2 Å². The van der Waals surface area contributed by atoms with Crippen LogP contribution in [0.15, 0.2) is 40.9 Å². The fourth-order valence-corrected chi connectivity index (χ4v) is 1.95. The smallest absolute Gasteiger partial charge is 0.232 e. The monoisotopic (exact) mass is 302 g/mol. The number of pyridine rings is 1. The minimum Gasteiger partial charge on any atom is -0.472 e. The van der Waals surface area contributed by atoms with Crippen LogP contribution in [0.25, 0.3) is 0 Å². The average Bonchev–Trinajstić information content (AvgIpc) is 2.37. The Labute approximate surface area is 114 Å². The van der Waals surface area contributed by atoms with Crippen LogP contribution in [0.5, 0.6) is 5.88 Å². The van der Waals surface area contributed by atoms with Gasteiger partial charge in [0.15, 0.2) is 0 Å². The zero-order valence-corrected chi connectivity index (χ0v) is 11.4. The zero-order chi connectivity index (χ0) is 13.0. The molecule has 2 rings (SSSR count). The highest BCUT2D eigenvalue weighted by Crippen LogP contribution is 2.18. The van der Waals surface area contributed by atoms with Crippen molar-refractivity contribution >= 4 is 15.9 Å². The molecule has 0 aliphatic heterocycles. The lowest BCUT2D eigenvalue weighted by molar-refractivity contribution is 0.292. The van der Waals surface area contributed by atoms with E-state index in [9.17, 15) is 0 Å². The maximum atomic E-state index is 8.97. The predicted molar refractivity (Wildman–Crippen MR) is 72.2 cm³/mol. The Hall–Kier alpha value is -1.86. The van der Waals surface area contributed by atoms with E-state index in [0.717, 1.165) is 15.7 Å². The lowest BCUT2D eigenvalue weighted by atomic mass is 10.2. The van der Waals surface area contributed by atoms with Gasteiger partial charge in [0.05, 0.1) is 0 Å². The Kier molecular flexibility index (Phi) is 3.96. The van der Waals surface area contributed by atoms with Gasteiger partial charge in [-0.15, -0.1) is 0 Å². The number of nitrogens with zero attached hydrogens (tertiary/aromatic N) is 2. The summed E-state index contributed by atoms with van der Waals surface area (Å²) in [6.07, 6.45) is 0. The SMILES string of the molecule is Cc1ccc(C#N)c(OCc2cccc(Br)c2)n1. The second-order valence-corrected chi connectivity index (χ2v) is 4.75. The van der Waals surface area contributed by atoms with Gasteiger partial charge in [-0.25, -0.2) is 4.98 Å². The molecule has 3 nitrogen and oxygen atoms in total. The predicted octanol–water partition coefficient (Wildman–Crippen LogP) is 3.60. The number of hydrogen-bond acceptors (Lipinski definition) is 3. The van der Waals surface area contributed by atoms with Crippen molar-refractivity contribution in [3.8, 4) is 11.9 Å². The molecule has 18 heavy (non-hydrogen) atoms. The summed E-state index contributed by atoms with van der Waals surface area (Å²) in [6.45, 7) is 2.26. The first-order valence-corrected chi connectivity index (χ1v) is 6.23. The van der Waals surface area contributed by atoms with Crippen molar-refractivity contribution in [2.75, 3.05) is 0 Å². The highest BCUT2D eigenvalue weighted by Gasteiger charge is 2.05. The molecule has 0 aliphatic carbocycles. The fourth-order valence-electron chi connectivity index (χ4n) is 1.51. The van der Waals surface area contributed by atoms with Crippen LogP contribution in [-0.2, 0) is 6.61 Å². The molecule has 0 fully saturated rings. The molecule has 0 atom stereocenters. The molecule has 0 unspecified atom stereocenters. The number of aryl methyl sites for hydroxylation is 1. The number of nitriles is 1. The Morgan fingerprint density at radius 1 is 1.33 bits per heavy atom. The molecule has 0 amide bonds. The Balaban J connectivity index is 2.15. The van der Waals surface area contributed by atoms with Gasteiger partial charge in [-0.05, 0) is 36.8 Å². The molecule has 4 heteroatoms. The summed E-state index contributed by atoms with van der Waals surface area (Å²) in [5.41, 5.74) is 2.31. The average molecular weight is 303 g/mol. The molecule has 0 saturated heterocycles. The van der Waals surface area contributed by atoms with Crippen molar-refractivity contribution in [1.82, 2.24) is 4.98 Å². The molecule has 0 aliphatic rings. The van der Waals surface area contributed by atoms with Crippen LogP contribution < -0.4 is 4.74 Å². The molecule has 2 aromatic rings. The first-order valence-electron chi connectivity index (χ1n) is 5.44. The van der Waals surface area contributed by atoms with E-state index in [1.807, 2.05) is 31.2 Å². The van der Waals surface area contributed by atoms with Crippen molar-refractivity contribution in [2.24, 2.45) is 0 Å². The molecule has 0 bridgehead atoms. The van der Waals surface area contributed by atoms with E-state index < -0.39 is 0 Å². The minimum absolute atomic E-state index is 0.387. The normalized spacial score (nSPS) is 9.83. The molecule has 0 N–H and O–H groups in total. The lowest BCUT2D eigenvalue weighted by Crippen LogP contribution is -2.00. The second-order valence-electron chi connectivity index (χ2n) is 3.84. The largest absolute Gasteiger partial charge is 0.472 e. The Bertz CT molecular complexity index is 605. The lowest BCUT2D eigenvalue weighted by Gasteiger charge is -2.07. The van der Waals surface area contributed by atoms with Crippen molar-refractivity contribution in [2.45, 2.75) is 13.5 Å². The summed E-state index contributed by atoms with van der Waals surface area (Å²) >= 11 is 3.40. The third kappa shape index (κ3) is 3.08. The molecule has 0 saturated carbocycles. The van der Waals surface area contributed by atoms with Crippen LogP contribution in [0.4, 0.5) is 0 Å². The van der Waals surface area contributed by atoms with Crippen LogP contribution >= 0.6 is 15.9 Å². The summed E-state index contributed by atoms with van der Waals surface area (Å²) in [5, 5.41) is 8.97. The van der Waals surface area contributed by atoms with Gasteiger partial charge in [-0.1, -0.05) is 28.1 Å². The third-order valence-electron chi connectivity index (χ3n) is 2.38. The second kappa shape index (κ2) is 5.65. The van der Waals surface area contributed by atoms with Gasteiger partial charge in [0.25, 0.3) is 0 Å². The maximum absolute atomic E-state index is 8.97. The van der Waals surface area contributed by atoms with Gasteiger partial charge in [0.2, 0.25) is 5.88 Å². The third-order valence-corrected chi connectivity index (χ3v) is 2.88.